The Morgan fingerprint density at radius 2 is 2.00 bits per heavy atom. The number of hydrogen-bond acceptors (Lipinski definition) is 3. The molecule has 1 atom stereocenters. The number of carbonyl (C=O) groups excluding carboxylic acids is 1. The molecule has 1 rings (SSSR count). The van der Waals surface area contributed by atoms with Gasteiger partial charge >= 0.3 is 0 Å². The molecule has 0 aliphatic rings. The van der Waals surface area contributed by atoms with Crippen molar-refractivity contribution < 1.29 is 4.79 Å². The molecule has 1 heterocycles. The molecule has 5 nitrogen and oxygen atoms in total. The summed E-state index contributed by atoms with van der Waals surface area (Å²) in [5.74, 6) is 0.831. The summed E-state index contributed by atoms with van der Waals surface area (Å²) < 4.78 is 0. The van der Waals surface area contributed by atoms with Crippen molar-refractivity contribution in [3.05, 3.63) is 22.4 Å². The van der Waals surface area contributed by atoms with Crippen molar-refractivity contribution >= 4 is 23.2 Å². The molecule has 0 aliphatic carbocycles. The van der Waals surface area contributed by atoms with Crippen molar-refractivity contribution in [3.63, 3.8) is 0 Å². The van der Waals surface area contributed by atoms with E-state index in [4.69, 9.17) is 0 Å². The third kappa shape index (κ3) is 5.61. The number of nitrogens with zero attached hydrogens (tertiary/aromatic N) is 1. The van der Waals surface area contributed by atoms with E-state index in [0.717, 1.165) is 5.96 Å². The number of nitrogens with one attached hydrogen (secondary N) is 3. The standard InChI is InChI=1S/C14H24N4OS/c1-10(2)13(19)16-7-8-17-14(15-4)18-11(3)12-6-5-9-20-12/h5-6,9-11H,7-8H2,1-4H3,(H,16,19)(H2,15,17,18). The fourth-order valence-corrected chi connectivity index (χ4v) is 2.31. The lowest BCUT2D eigenvalue weighted by atomic mass is 10.2. The van der Waals surface area contributed by atoms with Gasteiger partial charge in [-0.15, -0.1) is 11.3 Å². The van der Waals surface area contributed by atoms with Crippen LogP contribution in [0, 0.1) is 5.92 Å². The highest BCUT2D eigenvalue weighted by Crippen LogP contribution is 2.17. The van der Waals surface area contributed by atoms with Crippen LogP contribution in [0.5, 0.6) is 0 Å². The number of amides is 1. The molecular formula is C14H24N4OS. The molecule has 0 fully saturated rings. The molecule has 0 bridgehead atoms. The first-order chi connectivity index (χ1) is 9.54. The zero-order chi connectivity index (χ0) is 15.0. The van der Waals surface area contributed by atoms with Gasteiger partial charge in [-0.1, -0.05) is 19.9 Å². The Morgan fingerprint density at radius 1 is 1.30 bits per heavy atom. The number of carbonyl (C=O) groups is 1. The SMILES string of the molecule is CN=C(NCCNC(=O)C(C)C)NC(C)c1cccs1. The average Bonchev–Trinajstić information content (AvgIpc) is 2.95. The maximum Gasteiger partial charge on any atom is 0.222 e. The van der Waals surface area contributed by atoms with Crippen molar-refractivity contribution in [3.8, 4) is 0 Å². The van der Waals surface area contributed by atoms with E-state index in [1.165, 1.54) is 4.88 Å². The Bertz CT molecular complexity index is 428. The summed E-state index contributed by atoms with van der Waals surface area (Å²) in [5.41, 5.74) is 0. The van der Waals surface area contributed by atoms with Gasteiger partial charge in [0, 0.05) is 30.9 Å². The van der Waals surface area contributed by atoms with Gasteiger partial charge in [-0.3, -0.25) is 9.79 Å². The monoisotopic (exact) mass is 296 g/mol. The van der Waals surface area contributed by atoms with E-state index in [9.17, 15) is 4.79 Å². The topological polar surface area (TPSA) is 65.5 Å². The normalized spacial score (nSPS) is 13.2. The molecule has 3 N–H and O–H groups in total. The van der Waals surface area contributed by atoms with Gasteiger partial charge in [-0.05, 0) is 18.4 Å². The first-order valence-corrected chi connectivity index (χ1v) is 7.70. The number of hydrogen-bond donors (Lipinski definition) is 3. The number of thiophene rings is 1. The molecule has 0 saturated heterocycles. The highest BCUT2D eigenvalue weighted by atomic mass is 32.1. The van der Waals surface area contributed by atoms with Crippen LogP contribution in [0.1, 0.15) is 31.7 Å². The Hall–Kier alpha value is -1.56. The van der Waals surface area contributed by atoms with Crippen LogP contribution < -0.4 is 16.0 Å². The van der Waals surface area contributed by atoms with Crippen LogP contribution in [-0.2, 0) is 4.79 Å². The van der Waals surface area contributed by atoms with E-state index in [1.54, 1.807) is 18.4 Å². The van der Waals surface area contributed by atoms with Gasteiger partial charge in [0.2, 0.25) is 5.91 Å². The second kappa shape index (κ2) is 8.58. The summed E-state index contributed by atoms with van der Waals surface area (Å²) in [5, 5.41) is 11.4. The first-order valence-electron chi connectivity index (χ1n) is 6.83. The molecule has 0 spiro atoms. The summed E-state index contributed by atoms with van der Waals surface area (Å²) in [7, 11) is 1.74. The van der Waals surface area contributed by atoms with Gasteiger partial charge < -0.3 is 16.0 Å². The summed E-state index contributed by atoms with van der Waals surface area (Å²) in [6, 6.07) is 4.35. The lowest BCUT2D eigenvalue weighted by molar-refractivity contribution is -0.123. The minimum absolute atomic E-state index is 0.0197. The van der Waals surface area contributed by atoms with Crippen molar-refractivity contribution in [1.29, 1.82) is 0 Å². The van der Waals surface area contributed by atoms with Crippen LogP contribution in [0.4, 0.5) is 0 Å². The van der Waals surface area contributed by atoms with Crippen LogP contribution in [-0.4, -0.2) is 32.0 Å². The summed E-state index contributed by atoms with van der Waals surface area (Å²) in [6.45, 7) is 7.09. The van der Waals surface area contributed by atoms with Crippen LogP contribution in [0.3, 0.4) is 0 Å². The quantitative estimate of drug-likeness (QED) is 0.426. The molecule has 112 valence electrons. The zero-order valence-corrected chi connectivity index (χ0v) is 13.4. The van der Waals surface area contributed by atoms with Crippen molar-refractivity contribution in [1.82, 2.24) is 16.0 Å². The zero-order valence-electron chi connectivity index (χ0n) is 12.6. The van der Waals surface area contributed by atoms with Crippen LogP contribution in [0.2, 0.25) is 0 Å². The molecule has 0 aromatic carbocycles. The predicted octanol–water partition coefficient (Wildman–Crippen LogP) is 1.75. The lowest BCUT2D eigenvalue weighted by Gasteiger charge is -2.17. The van der Waals surface area contributed by atoms with Crippen molar-refractivity contribution in [2.75, 3.05) is 20.1 Å². The van der Waals surface area contributed by atoms with Crippen LogP contribution in [0.25, 0.3) is 0 Å². The van der Waals surface area contributed by atoms with Gasteiger partial charge in [0.25, 0.3) is 0 Å². The molecule has 20 heavy (non-hydrogen) atoms. The number of aliphatic imine (C=N–C) groups is 1. The van der Waals surface area contributed by atoms with E-state index < -0.39 is 0 Å². The maximum atomic E-state index is 11.4. The lowest BCUT2D eigenvalue weighted by Crippen LogP contribution is -2.42. The summed E-state index contributed by atoms with van der Waals surface area (Å²) in [4.78, 5) is 16.8. The molecule has 0 aliphatic heterocycles. The molecule has 0 saturated carbocycles. The van der Waals surface area contributed by atoms with E-state index in [2.05, 4.69) is 39.3 Å². The molecule has 1 unspecified atom stereocenters. The summed E-state index contributed by atoms with van der Waals surface area (Å²) in [6.07, 6.45) is 0. The fraction of sp³-hybridized carbons (Fsp3) is 0.571. The Balaban J connectivity index is 2.29. The predicted molar refractivity (Wildman–Crippen MR) is 85.1 cm³/mol. The van der Waals surface area contributed by atoms with E-state index >= 15 is 0 Å². The number of guanidine groups is 1. The molecule has 1 amide bonds. The van der Waals surface area contributed by atoms with Crippen molar-refractivity contribution in [2.45, 2.75) is 26.8 Å². The smallest absolute Gasteiger partial charge is 0.222 e. The third-order valence-electron chi connectivity index (χ3n) is 2.79. The van der Waals surface area contributed by atoms with Gasteiger partial charge in [0.1, 0.15) is 0 Å². The second-order valence-electron chi connectivity index (χ2n) is 4.83. The highest BCUT2D eigenvalue weighted by Gasteiger charge is 2.08. The highest BCUT2D eigenvalue weighted by molar-refractivity contribution is 7.10. The minimum atomic E-state index is 0.0197. The molecule has 6 heteroatoms. The molecule has 0 radical (unpaired) electrons. The van der Waals surface area contributed by atoms with Crippen LogP contribution >= 0.6 is 11.3 Å². The first kappa shape index (κ1) is 16.5. The van der Waals surface area contributed by atoms with Gasteiger partial charge in [-0.2, -0.15) is 0 Å². The molecule has 1 aromatic heterocycles. The number of rotatable bonds is 6. The van der Waals surface area contributed by atoms with E-state index in [-0.39, 0.29) is 17.9 Å². The van der Waals surface area contributed by atoms with Gasteiger partial charge in [0.05, 0.1) is 6.04 Å². The summed E-state index contributed by atoms with van der Waals surface area (Å²) >= 11 is 1.72. The van der Waals surface area contributed by atoms with Crippen molar-refractivity contribution in [2.24, 2.45) is 10.9 Å². The third-order valence-corrected chi connectivity index (χ3v) is 3.84. The molecule has 1 aromatic rings. The van der Waals surface area contributed by atoms with E-state index in [0.29, 0.717) is 13.1 Å². The Morgan fingerprint density at radius 3 is 2.55 bits per heavy atom. The largest absolute Gasteiger partial charge is 0.355 e. The van der Waals surface area contributed by atoms with E-state index in [1.807, 2.05) is 19.9 Å². The average molecular weight is 296 g/mol. The fourth-order valence-electron chi connectivity index (χ4n) is 1.58. The molecular weight excluding hydrogens is 272 g/mol. The van der Waals surface area contributed by atoms with Gasteiger partial charge in [0.15, 0.2) is 5.96 Å². The maximum absolute atomic E-state index is 11.4. The Labute approximate surface area is 124 Å². The van der Waals surface area contributed by atoms with Crippen LogP contribution in [0.15, 0.2) is 22.5 Å². The second-order valence-corrected chi connectivity index (χ2v) is 5.81. The minimum Gasteiger partial charge on any atom is -0.355 e. The van der Waals surface area contributed by atoms with Gasteiger partial charge in [-0.25, -0.2) is 0 Å². The Kier molecular flexibility index (Phi) is 7.08.